The minimum absolute atomic E-state index is 0.0130. The first-order valence-corrected chi connectivity index (χ1v) is 7.64. The van der Waals surface area contributed by atoms with Crippen LogP contribution in [0.15, 0.2) is 12.1 Å². The van der Waals surface area contributed by atoms with E-state index >= 15 is 0 Å². The zero-order valence-corrected chi connectivity index (χ0v) is 12.5. The fourth-order valence-electron chi connectivity index (χ4n) is 2.57. The van der Waals surface area contributed by atoms with E-state index in [0.29, 0.717) is 5.69 Å². The summed E-state index contributed by atoms with van der Waals surface area (Å²) in [4.78, 5) is 16.3. The monoisotopic (exact) mass is 276 g/mol. The normalized spacial score (nSPS) is 14.6. The molecule has 0 aliphatic carbocycles. The molecule has 20 heavy (non-hydrogen) atoms. The summed E-state index contributed by atoms with van der Waals surface area (Å²) in [6.45, 7) is 7.95. The highest BCUT2D eigenvalue weighted by Gasteiger charge is 2.21. The smallest absolute Gasteiger partial charge is 0.274 e. The summed E-state index contributed by atoms with van der Waals surface area (Å²) >= 11 is 0. The van der Waals surface area contributed by atoms with Gasteiger partial charge in [0.1, 0.15) is 0 Å². The Morgan fingerprint density at radius 1 is 1.15 bits per heavy atom. The van der Waals surface area contributed by atoms with E-state index in [9.17, 15) is 4.79 Å². The lowest BCUT2D eigenvalue weighted by Crippen LogP contribution is -2.29. The molecule has 0 unspecified atom stereocenters. The lowest BCUT2D eigenvalue weighted by molar-refractivity contribution is 0.0786. The molecule has 1 aliphatic heterocycles. The number of amides is 1. The SMILES string of the molecule is CCCN(CCC)c1ccc(C(=O)N2CCCC2)nn1. The molecule has 0 N–H and O–H groups in total. The average Bonchev–Trinajstić information content (AvgIpc) is 3.01. The summed E-state index contributed by atoms with van der Waals surface area (Å²) in [5, 5.41) is 8.36. The van der Waals surface area contributed by atoms with Crippen molar-refractivity contribution in [2.45, 2.75) is 39.5 Å². The van der Waals surface area contributed by atoms with Crippen molar-refractivity contribution in [3.05, 3.63) is 17.8 Å². The van der Waals surface area contributed by atoms with Gasteiger partial charge in [-0.1, -0.05) is 13.8 Å². The Kier molecular flexibility index (Phi) is 5.32. The van der Waals surface area contributed by atoms with Gasteiger partial charge in [0.15, 0.2) is 11.5 Å². The van der Waals surface area contributed by atoms with Gasteiger partial charge >= 0.3 is 0 Å². The number of likely N-dealkylation sites (tertiary alicyclic amines) is 1. The number of carbonyl (C=O) groups excluding carboxylic acids is 1. The third-order valence-corrected chi connectivity index (χ3v) is 3.57. The predicted molar refractivity (Wildman–Crippen MR) is 80.0 cm³/mol. The molecule has 1 amide bonds. The Bertz CT molecular complexity index is 420. The average molecular weight is 276 g/mol. The van der Waals surface area contributed by atoms with Crippen LogP contribution in [0, 0.1) is 0 Å². The highest BCUT2D eigenvalue weighted by atomic mass is 16.2. The second kappa shape index (κ2) is 7.22. The summed E-state index contributed by atoms with van der Waals surface area (Å²) < 4.78 is 0. The summed E-state index contributed by atoms with van der Waals surface area (Å²) in [6.07, 6.45) is 4.35. The van der Waals surface area contributed by atoms with E-state index in [1.807, 2.05) is 11.0 Å². The van der Waals surface area contributed by atoms with E-state index < -0.39 is 0 Å². The maximum Gasteiger partial charge on any atom is 0.274 e. The molecule has 5 nitrogen and oxygen atoms in total. The van der Waals surface area contributed by atoms with Crippen molar-refractivity contribution in [2.75, 3.05) is 31.1 Å². The van der Waals surface area contributed by atoms with E-state index in [4.69, 9.17) is 0 Å². The molecule has 0 radical (unpaired) electrons. The van der Waals surface area contributed by atoms with Crippen LogP contribution in [0.5, 0.6) is 0 Å². The molecule has 0 spiro atoms. The van der Waals surface area contributed by atoms with Gasteiger partial charge in [0, 0.05) is 26.2 Å². The number of carbonyl (C=O) groups is 1. The molecular weight excluding hydrogens is 252 g/mol. The Morgan fingerprint density at radius 2 is 1.80 bits per heavy atom. The number of rotatable bonds is 6. The van der Waals surface area contributed by atoms with Crippen LogP contribution in [0.2, 0.25) is 0 Å². The second-order valence-corrected chi connectivity index (χ2v) is 5.26. The van der Waals surface area contributed by atoms with E-state index in [1.165, 1.54) is 0 Å². The third-order valence-electron chi connectivity index (χ3n) is 3.57. The molecule has 0 atom stereocenters. The zero-order chi connectivity index (χ0) is 14.4. The lowest BCUT2D eigenvalue weighted by Gasteiger charge is -2.22. The maximum atomic E-state index is 12.2. The summed E-state index contributed by atoms with van der Waals surface area (Å²) in [5.41, 5.74) is 0.462. The first-order chi connectivity index (χ1) is 9.76. The molecule has 110 valence electrons. The van der Waals surface area contributed by atoms with Crippen molar-refractivity contribution in [3.63, 3.8) is 0 Å². The zero-order valence-electron chi connectivity index (χ0n) is 12.5. The number of nitrogens with zero attached hydrogens (tertiary/aromatic N) is 4. The van der Waals surface area contributed by atoms with Gasteiger partial charge in [0.05, 0.1) is 0 Å². The van der Waals surface area contributed by atoms with Crippen molar-refractivity contribution in [1.82, 2.24) is 15.1 Å². The standard InChI is InChI=1S/C15H24N4O/c1-3-9-18(10-4-2)14-8-7-13(16-17-14)15(20)19-11-5-6-12-19/h7-8H,3-6,9-12H2,1-2H3. The van der Waals surface area contributed by atoms with E-state index in [1.54, 1.807) is 6.07 Å². The van der Waals surface area contributed by atoms with E-state index in [-0.39, 0.29) is 5.91 Å². The van der Waals surface area contributed by atoms with Crippen molar-refractivity contribution in [3.8, 4) is 0 Å². The molecule has 1 aromatic rings. The fourth-order valence-corrected chi connectivity index (χ4v) is 2.57. The van der Waals surface area contributed by atoms with Crippen LogP contribution in [0.3, 0.4) is 0 Å². The van der Waals surface area contributed by atoms with Gasteiger partial charge in [-0.3, -0.25) is 4.79 Å². The van der Waals surface area contributed by atoms with Crippen molar-refractivity contribution < 1.29 is 4.79 Å². The van der Waals surface area contributed by atoms with Gasteiger partial charge < -0.3 is 9.80 Å². The largest absolute Gasteiger partial charge is 0.355 e. The van der Waals surface area contributed by atoms with Gasteiger partial charge in [0.2, 0.25) is 0 Å². The summed E-state index contributed by atoms with van der Waals surface area (Å²) in [6, 6.07) is 3.73. The molecule has 1 fully saturated rings. The van der Waals surface area contributed by atoms with Crippen molar-refractivity contribution >= 4 is 11.7 Å². The first-order valence-electron chi connectivity index (χ1n) is 7.64. The van der Waals surface area contributed by atoms with E-state index in [2.05, 4.69) is 28.9 Å². The molecule has 2 heterocycles. The molecule has 0 saturated carbocycles. The number of aromatic nitrogens is 2. The molecule has 5 heteroatoms. The highest BCUT2D eigenvalue weighted by molar-refractivity contribution is 5.92. The Morgan fingerprint density at radius 3 is 2.30 bits per heavy atom. The Balaban J connectivity index is 2.06. The predicted octanol–water partition coefficient (Wildman–Crippen LogP) is 2.34. The number of hydrogen-bond donors (Lipinski definition) is 0. The minimum atomic E-state index is 0.0130. The third kappa shape index (κ3) is 3.46. The molecule has 2 rings (SSSR count). The van der Waals surface area contributed by atoms with Crippen LogP contribution in [0.4, 0.5) is 5.82 Å². The molecule has 0 aromatic carbocycles. The first kappa shape index (κ1) is 14.8. The summed E-state index contributed by atoms with van der Waals surface area (Å²) in [5.74, 6) is 0.880. The Hall–Kier alpha value is -1.65. The minimum Gasteiger partial charge on any atom is -0.355 e. The van der Waals surface area contributed by atoms with Crippen LogP contribution in [-0.2, 0) is 0 Å². The van der Waals surface area contributed by atoms with Gasteiger partial charge in [-0.15, -0.1) is 10.2 Å². The van der Waals surface area contributed by atoms with Crippen LogP contribution >= 0.6 is 0 Å². The summed E-state index contributed by atoms with van der Waals surface area (Å²) in [7, 11) is 0. The maximum absolute atomic E-state index is 12.2. The fraction of sp³-hybridized carbons (Fsp3) is 0.667. The number of anilines is 1. The van der Waals surface area contributed by atoms with E-state index in [0.717, 1.165) is 57.7 Å². The van der Waals surface area contributed by atoms with Crippen LogP contribution in [-0.4, -0.2) is 47.2 Å². The van der Waals surface area contributed by atoms with Crippen molar-refractivity contribution in [2.24, 2.45) is 0 Å². The van der Waals surface area contributed by atoms with Crippen LogP contribution < -0.4 is 4.90 Å². The topological polar surface area (TPSA) is 49.3 Å². The van der Waals surface area contributed by atoms with Gasteiger partial charge in [-0.2, -0.15) is 0 Å². The van der Waals surface area contributed by atoms with Crippen LogP contribution in [0.25, 0.3) is 0 Å². The van der Waals surface area contributed by atoms with Crippen molar-refractivity contribution in [1.29, 1.82) is 0 Å². The molecule has 1 aliphatic rings. The molecule has 1 aromatic heterocycles. The second-order valence-electron chi connectivity index (χ2n) is 5.26. The number of hydrogen-bond acceptors (Lipinski definition) is 4. The van der Waals surface area contributed by atoms with Crippen LogP contribution in [0.1, 0.15) is 50.0 Å². The lowest BCUT2D eigenvalue weighted by atomic mass is 10.3. The molecule has 0 bridgehead atoms. The quantitative estimate of drug-likeness (QED) is 0.800. The Labute approximate surface area is 121 Å². The van der Waals surface area contributed by atoms with Gasteiger partial charge in [-0.05, 0) is 37.8 Å². The molecular formula is C15H24N4O. The molecule has 1 saturated heterocycles. The van der Waals surface area contributed by atoms with Gasteiger partial charge in [0.25, 0.3) is 5.91 Å². The van der Waals surface area contributed by atoms with Gasteiger partial charge in [-0.25, -0.2) is 0 Å². The highest BCUT2D eigenvalue weighted by Crippen LogP contribution is 2.14.